The van der Waals surface area contributed by atoms with Crippen LogP contribution >= 0.6 is 24.0 Å². The van der Waals surface area contributed by atoms with Gasteiger partial charge in [0.05, 0.1) is 0 Å². The topological polar surface area (TPSA) is 41.6 Å². The van der Waals surface area contributed by atoms with E-state index in [4.69, 9.17) is 5.73 Å². The third-order valence-electron chi connectivity index (χ3n) is 4.28. The Morgan fingerprint density at radius 3 is 2.06 bits per heavy atom. The fourth-order valence-corrected chi connectivity index (χ4v) is 2.09. The van der Waals surface area contributed by atoms with Gasteiger partial charge in [0.15, 0.2) is 5.96 Å². The number of rotatable bonds is 6. The molecule has 0 aromatic rings. The predicted octanol–water partition coefficient (Wildman–Crippen LogP) is 3.23. The monoisotopic (exact) mass is 353 g/mol. The molecular formula is C13H28IN3. The minimum Gasteiger partial charge on any atom is -0.370 e. The van der Waals surface area contributed by atoms with Gasteiger partial charge in [-0.3, -0.25) is 4.99 Å². The van der Waals surface area contributed by atoms with Crippen LogP contribution in [-0.4, -0.2) is 30.5 Å². The SMILES string of the molecule is CCC(CC)(CC)CN=C(N)N(C)C1CC1.I. The zero-order chi connectivity index (χ0) is 12.2. The number of guanidine groups is 1. The highest BCUT2D eigenvalue weighted by Gasteiger charge is 2.28. The second-order valence-electron chi connectivity index (χ2n) is 5.08. The van der Waals surface area contributed by atoms with Crippen LogP contribution in [0.3, 0.4) is 0 Å². The first-order valence-corrected chi connectivity index (χ1v) is 6.61. The molecular weight excluding hydrogens is 325 g/mol. The van der Waals surface area contributed by atoms with E-state index in [-0.39, 0.29) is 24.0 Å². The summed E-state index contributed by atoms with van der Waals surface area (Å²) in [5.74, 6) is 0.724. The van der Waals surface area contributed by atoms with Crippen LogP contribution in [0.1, 0.15) is 52.9 Å². The van der Waals surface area contributed by atoms with Crippen LogP contribution in [0.2, 0.25) is 0 Å². The normalized spacial score (nSPS) is 16.6. The Labute approximate surface area is 123 Å². The smallest absolute Gasteiger partial charge is 0.191 e. The number of aliphatic imine (C=N–C) groups is 1. The lowest BCUT2D eigenvalue weighted by molar-refractivity contribution is 0.262. The molecule has 0 unspecified atom stereocenters. The average Bonchev–Trinajstić information content (AvgIpc) is 3.14. The quantitative estimate of drug-likeness (QED) is 0.453. The molecule has 0 saturated heterocycles. The van der Waals surface area contributed by atoms with E-state index in [1.807, 2.05) is 0 Å². The molecule has 0 amide bonds. The second kappa shape index (κ2) is 7.44. The summed E-state index contributed by atoms with van der Waals surface area (Å²) in [7, 11) is 2.06. The lowest BCUT2D eigenvalue weighted by atomic mass is 9.80. The largest absolute Gasteiger partial charge is 0.370 e. The van der Waals surface area contributed by atoms with Crippen molar-refractivity contribution in [1.82, 2.24) is 4.90 Å². The fraction of sp³-hybridized carbons (Fsp3) is 0.923. The number of hydrogen-bond donors (Lipinski definition) is 1. The molecule has 0 aliphatic heterocycles. The maximum atomic E-state index is 6.01. The zero-order valence-corrected chi connectivity index (χ0v) is 14.0. The van der Waals surface area contributed by atoms with E-state index in [2.05, 4.69) is 37.7 Å². The summed E-state index contributed by atoms with van der Waals surface area (Å²) in [6.07, 6.45) is 6.10. The number of hydrogen-bond acceptors (Lipinski definition) is 1. The summed E-state index contributed by atoms with van der Waals surface area (Å²) >= 11 is 0. The van der Waals surface area contributed by atoms with Crippen LogP contribution in [0, 0.1) is 5.41 Å². The molecule has 1 aliphatic carbocycles. The van der Waals surface area contributed by atoms with Crippen molar-refractivity contribution >= 4 is 29.9 Å². The van der Waals surface area contributed by atoms with Crippen LogP contribution in [0.4, 0.5) is 0 Å². The molecule has 2 N–H and O–H groups in total. The van der Waals surface area contributed by atoms with Gasteiger partial charge < -0.3 is 10.6 Å². The Morgan fingerprint density at radius 2 is 1.71 bits per heavy atom. The van der Waals surface area contributed by atoms with Crippen molar-refractivity contribution < 1.29 is 0 Å². The van der Waals surface area contributed by atoms with Crippen LogP contribution in [-0.2, 0) is 0 Å². The molecule has 0 radical (unpaired) electrons. The predicted molar refractivity (Wildman–Crippen MR) is 86.0 cm³/mol. The van der Waals surface area contributed by atoms with Gasteiger partial charge in [-0.05, 0) is 37.5 Å². The molecule has 102 valence electrons. The van der Waals surface area contributed by atoms with E-state index >= 15 is 0 Å². The molecule has 0 aromatic heterocycles. The molecule has 1 aliphatic rings. The highest BCUT2D eigenvalue weighted by atomic mass is 127. The van der Waals surface area contributed by atoms with Crippen LogP contribution < -0.4 is 5.73 Å². The van der Waals surface area contributed by atoms with Crippen LogP contribution in [0.15, 0.2) is 4.99 Å². The van der Waals surface area contributed by atoms with E-state index in [9.17, 15) is 0 Å². The van der Waals surface area contributed by atoms with Gasteiger partial charge >= 0.3 is 0 Å². The van der Waals surface area contributed by atoms with Crippen molar-refractivity contribution in [3.63, 3.8) is 0 Å². The maximum absolute atomic E-state index is 6.01. The number of nitrogens with zero attached hydrogens (tertiary/aromatic N) is 2. The van der Waals surface area contributed by atoms with Crippen molar-refractivity contribution in [1.29, 1.82) is 0 Å². The molecule has 1 rings (SSSR count). The van der Waals surface area contributed by atoms with E-state index in [1.54, 1.807) is 0 Å². The fourth-order valence-electron chi connectivity index (χ4n) is 2.09. The average molecular weight is 353 g/mol. The molecule has 1 fully saturated rings. The van der Waals surface area contributed by atoms with Gasteiger partial charge in [0, 0.05) is 19.6 Å². The summed E-state index contributed by atoms with van der Waals surface area (Å²) in [6, 6.07) is 0.656. The molecule has 0 aromatic carbocycles. The van der Waals surface area contributed by atoms with Gasteiger partial charge in [0.1, 0.15) is 0 Å². The summed E-state index contributed by atoms with van der Waals surface area (Å²) in [5, 5.41) is 0. The second-order valence-corrected chi connectivity index (χ2v) is 5.08. The van der Waals surface area contributed by atoms with Crippen molar-refractivity contribution in [2.75, 3.05) is 13.6 Å². The van der Waals surface area contributed by atoms with Gasteiger partial charge in [0.2, 0.25) is 0 Å². The number of halogens is 1. The summed E-state index contributed by atoms with van der Waals surface area (Å²) in [5.41, 5.74) is 6.36. The Balaban J connectivity index is 0.00000256. The number of nitrogens with two attached hydrogens (primary N) is 1. The summed E-state index contributed by atoms with van der Waals surface area (Å²) in [4.78, 5) is 6.72. The van der Waals surface area contributed by atoms with Crippen molar-refractivity contribution in [2.24, 2.45) is 16.1 Å². The molecule has 0 bridgehead atoms. The Morgan fingerprint density at radius 1 is 1.24 bits per heavy atom. The molecule has 1 saturated carbocycles. The van der Waals surface area contributed by atoms with Gasteiger partial charge in [0.25, 0.3) is 0 Å². The van der Waals surface area contributed by atoms with Crippen LogP contribution in [0.5, 0.6) is 0 Å². The molecule has 0 spiro atoms. The van der Waals surface area contributed by atoms with E-state index in [1.165, 1.54) is 32.1 Å². The van der Waals surface area contributed by atoms with E-state index in [0.29, 0.717) is 11.5 Å². The van der Waals surface area contributed by atoms with Gasteiger partial charge in [-0.15, -0.1) is 24.0 Å². The minimum absolute atomic E-state index is 0. The van der Waals surface area contributed by atoms with Gasteiger partial charge in [-0.25, -0.2) is 0 Å². The summed E-state index contributed by atoms with van der Waals surface area (Å²) < 4.78 is 0. The maximum Gasteiger partial charge on any atom is 0.191 e. The van der Waals surface area contributed by atoms with E-state index in [0.717, 1.165) is 12.5 Å². The first-order valence-electron chi connectivity index (χ1n) is 6.61. The lowest BCUT2D eigenvalue weighted by Crippen LogP contribution is -2.37. The lowest BCUT2D eigenvalue weighted by Gasteiger charge is -2.29. The molecule has 0 atom stereocenters. The molecule has 17 heavy (non-hydrogen) atoms. The van der Waals surface area contributed by atoms with Crippen LogP contribution in [0.25, 0.3) is 0 Å². The van der Waals surface area contributed by atoms with E-state index < -0.39 is 0 Å². The Bertz CT molecular complexity index is 237. The van der Waals surface area contributed by atoms with Gasteiger partial charge in [-0.1, -0.05) is 20.8 Å². The zero-order valence-electron chi connectivity index (χ0n) is 11.7. The first kappa shape index (κ1) is 17.0. The Kier molecular flexibility index (Phi) is 7.44. The molecule has 3 nitrogen and oxygen atoms in total. The minimum atomic E-state index is 0. The third-order valence-corrected chi connectivity index (χ3v) is 4.28. The third kappa shape index (κ3) is 4.64. The molecule has 4 heteroatoms. The van der Waals surface area contributed by atoms with Crippen molar-refractivity contribution in [3.05, 3.63) is 0 Å². The Hall–Kier alpha value is 0. The highest BCUT2D eigenvalue weighted by molar-refractivity contribution is 14.0. The van der Waals surface area contributed by atoms with Crippen molar-refractivity contribution in [3.8, 4) is 0 Å². The highest BCUT2D eigenvalue weighted by Crippen LogP contribution is 2.31. The first-order chi connectivity index (χ1) is 7.58. The van der Waals surface area contributed by atoms with Gasteiger partial charge in [-0.2, -0.15) is 0 Å². The summed E-state index contributed by atoms with van der Waals surface area (Å²) in [6.45, 7) is 7.63. The standard InChI is InChI=1S/C13H27N3.HI/c1-5-13(6-2,7-3)10-15-12(14)16(4)11-8-9-11;/h11H,5-10H2,1-4H3,(H2,14,15);1H. The molecule has 0 heterocycles. The van der Waals surface area contributed by atoms with Crippen molar-refractivity contribution in [2.45, 2.75) is 58.9 Å².